The van der Waals surface area contributed by atoms with Crippen LogP contribution in [0.25, 0.3) is 0 Å². The van der Waals surface area contributed by atoms with Gasteiger partial charge in [-0.15, -0.1) is 0 Å². The first kappa shape index (κ1) is 21.7. The van der Waals surface area contributed by atoms with E-state index in [1.165, 1.54) is 18.8 Å². The second kappa shape index (κ2) is 12.2. The van der Waals surface area contributed by atoms with Crippen LogP contribution in [0, 0.1) is 0 Å². The number of rotatable bonds is 9. The standard InChI is InChI=1S/C9H9Br6O4P/c10-7(11)1-4-17-20(16,18-5-2-8(12)13)19-6-3-9(14)15/h1-9H. The molecule has 0 saturated carbocycles. The van der Waals surface area contributed by atoms with E-state index in [2.05, 4.69) is 95.6 Å². The Bertz CT molecular complexity index is 339. The number of phosphoric ester groups is 1. The predicted octanol–water partition coefficient (Wildman–Crippen LogP) is 7.03. The van der Waals surface area contributed by atoms with E-state index in [0.29, 0.717) is 0 Å². The third kappa shape index (κ3) is 13.4. The van der Waals surface area contributed by atoms with Crippen LogP contribution in [-0.2, 0) is 18.1 Å². The molecular weight excluding hydrogens is 682 g/mol. The highest BCUT2D eigenvalue weighted by molar-refractivity contribution is 9.25. The van der Waals surface area contributed by atoms with Crippen LogP contribution in [0.4, 0.5) is 0 Å². The van der Waals surface area contributed by atoms with Crippen molar-refractivity contribution in [2.75, 3.05) is 0 Å². The van der Waals surface area contributed by atoms with Crippen molar-refractivity contribution in [1.29, 1.82) is 0 Å². The lowest BCUT2D eigenvalue weighted by Gasteiger charge is -2.13. The van der Waals surface area contributed by atoms with E-state index >= 15 is 0 Å². The Morgan fingerprint density at radius 3 is 1.10 bits per heavy atom. The minimum absolute atomic E-state index is 0.113. The summed E-state index contributed by atoms with van der Waals surface area (Å²) in [6, 6.07) is 0. The summed E-state index contributed by atoms with van der Waals surface area (Å²) in [7, 11) is -3.77. The first-order valence-electron chi connectivity index (χ1n) is 4.75. The summed E-state index contributed by atoms with van der Waals surface area (Å²) < 4.78 is 26.9. The molecule has 20 heavy (non-hydrogen) atoms. The van der Waals surface area contributed by atoms with Crippen molar-refractivity contribution in [1.82, 2.24) is 0 Å². The van der Waals surface area contributed by atoms with E-state index in [0.717, 1.165) is 0 Å². The van der Waals surface area contributed by atoms with Gasteiger partial charge < -0.3 is 13.6 Å². The van der Waals surface area contributed by atoms with Gasteiger partial charge in [-0.05, 0) is 18.2 Å². The smallest absolute Gasteiger partial charge is 0.394 e. The van der Waals surface area contributed by atoms with Crippen molar-refractivity contribution in [3.8, 4) is 0 Å². The fourth-order valence-corrected chi connectivity index (χ4v) is 2.14. The fourth-order valence-electron chi connectivity index (χ4n) is 0.582. The Morgan fingerprint density at radius 2 is 0.900 bits per heavy atom. The van der Waals surface area contributed by atoms with E-state index in [-0.39, 0.29) is 11.2 Å². The average molecular weight is 692 g/mol. The third-order valence-corrected chi connectivity index (χ3v) is 4.21. The van der Waals surface area contributed by atoms with Crippen LogP contribution in [0.15, 0.2) is 37.0 Å². The number of halogens is 6. The lowest BCUT2D eigenvalue weighted by molar-refractivity contribution is 0.230. The van der Waals surface area contributed by atoms with Crippen LogP contribution in [0.1, 0.15) is 0 Å². The molecule has 116 valence electrons. The normalized spacial score (nSPS) is 15.8. The summed E-state index contributed by atoms with van der Waals surface area (Å²) in [6.45, 7) is 0. The Labute approximate surface area is 168 Å². The second-order valence-corrected chi connectivity index (χ2v) is 13.9. The Balaban J connectivity index is 4.70. The Kier molecular flexibility index (Phi) is 13.2. The molecule has 4 nitrogen and oxygen atoms in total. The highest BCUT2D eigenvalue weighted by atomic mass is 79.9. The van der Waals surface area contributed by atoms with Crippen molar-refractivity contribution >= 4 is 103 Å². The molecule has 0 fully saturated rings. The monoisotopic (exact) mass is 686 g/mol. The molecule has 0 unspecified atom stereocenters. The van der Waals surface area contributed by atoms with Gasteiger partial charge in [-0.25, -0.2) is 0 Å². The summed E-state index contributed by atoms with van der Waals surface area (Å²) >= 11 is 19.3. The molecule has 0 aromatic rings. The minimum atomic E-state index is -3.77. The van der Waals surface area contributed by atoms with Crippen molar-refractivity contribution in [2.45, 2.75) is 11.2 Å². The number of phosphoric acid groups is 1. The topological polar surface area (TPSA) is 44.8 Å². The molecule has 0 aromatic carbocycles. The second-order valence-electron chi connectivity index (χ2n) is 2.75. The number of alkyl halides is 6. The van der Waals surface area contributed by atoms with Gasteiger partial charge in [-0.2, -0.15) is 4.57 Å². The maximum absolute atomic E-state index is 12.2. The SMILES string of the molecule is O=P(OC=CC(Br)Br)(OC=CC(Br)Br)OC=CC(Br)Br. The van der Waals surface area contributed by atoms with E-state index in [1.807, 2.05) is 0 Å². The largest absolute Gasteiger partial charge is 0.645 e. The molecule has 0 rings (SSSR count). The Hall–Kier alpha value is 1.73. The molecule has 0 radical (unpaired) electrons. The molecule has 0 N–H and O–H groups in total. The number of hydrogen-bond donors (Lipinski definition) is 0. The van der Waals surface area contributed by atoms with Gasteiger partial charge in [0.05, 0.1) is 30.0 Å². The van der Waals surface area contributed by atoms with E-state index in [9.17, 15) is 4.57 Å². The zero-order chi connectivity index (χ0) is 15.6. The van der Waals surface area contributed by atoms with Gasteiger partial charge in [-0.1, -0.05) is 95.6 Å². The Morgan fingerprint density at radius 1 is 0.650 bits per heavy atom. The molecule has 0 atom stereocenters. The van der Waals surface area contributed by atoms with Gasteiger partial charge in [-0.3, -0.25) is 0 Å². The van der Waals surface area contributed by atoms with Crippen LogP contribution in [-0.4, -0.2) is 11.2 Å². The van der Waals surface area contributed by atoms with Crippen LogP contribution in [0.2, 0.25) is 0 Å². The molecule has 0 spiro atoms. The summed E-state index contributed by atoms with van der Waals surface area (Å²) in [6.07, 6.45) is 8.37. The molecule has 0 aliphatic carbocycles. The highest BCUT2D eigenvalue weighted by Crippen LogP contribution is 2.50. The summed E-state index contributed by atoms with van der Waals surface area (Å²) in [5.41, 5.74) is 0. The molecule has 0 aromatic heterocycles. The average Bonchev–Trinajstić information content (AvgIpc) is 2.27. The van der Waals surface area contributed by atoms with Gasteiger partial charge in [0.1, 0.15) is 0 Å². The molecule has 0 bridgehead atoms. The molecule has 0 aliphatic heterocycles. The summed E-state index contributed by atoms with van der Waals surface area (Å²) in [5, 5.41) is 0. The van der Waals surface area contributed by atoms with Gasteiger partial charge in [0.2, 0.25) is 0 Å². The van der Waals surface area contributed by atoms with E-state index < -0.39 is 7.82 Å². The predicted molar refractivity (Wildman–Crippen MR) is 103 cm³/mol. The van der Waals surface area contributed by atoms with Gasteiger partial charge in [0, 0.05) is 0 Å². The first-order chi connectivity index (χ1) is 9.25. The summed E-state index contributed by atoms with van der Waals surface area (Å²) in [4.78, 5) is 0. The van der Waals surface area contributed by atoms with Crippen LogP contribution in [0.5, 0.6) is 0 Å². The lowest BCUT2D eigenvalue weighted by Crippen LogP contribution is -1.91. The molecule has 0 aliphatic rings. The zero-order valence-electron chi connectivity index (χ0n) is 9.54. The quantitative estimate of drug-likeness (QED) is 0.148. The van der Waals surface area contributed by atoms with Crippen LogP contribution >= 0.6 is 103 Å². The number of hydrogen-bond acceptors (Lipinski definition) is 4. The number of allylic oxidation sites excluding steroid dienone is 3. The molecule has 0 heterocycles. The summed E-state index contributed by atoms with van der Waals surface area (Å²) in [5.74, 6) is 0. The van der Waals surface area contributed by atoms with Crippen molar-refractivity contribution in [2.24, 2.45) is 0 Å². The molecular formula is C9H9Br6O4P. The van der Waals surface area contributed by atoms with E-state index in [1.54, 1.807) is 18.2 Å². The highest BCUT2D eigenvalue weighted by Gasteiger charge is 2.27. The van der Waals surface area contributed by atoms with Gasteiger partial charge in [0.25, 0.3) is 0 Å². The van der Waals surface area contributed by atoms with Gasteiger partial charge in [0.15, 0.2) is 0 Å². The van der Waals surface area contributed by atoms with Crippen LogP contribution < -0.4 is 0 Å². The fraction of sp³-hybridized carbons (Fsp3) is 0.333. The van der Waals surface area contributed by atoms with Crippen molar-refractivity contribution in [3.05, 3.63) is 37.0 Å². The lowest BCUT2D eigenvalue weighted by atomic mass is 10.7. The third-order valence-electron chi connectivity index (χ3n) is 1.24. The minimum Gasteiger partial charge on any atom is -0.394 e. The molecule has 11 heteroatoms. The molecule has 0 saturated heterocycles. The van der Waals surface area contributed by atoms with Crippen molar-refractivity contribution in [3.63, 3.8) is 0 Å². The maximum Gasteiger partial charge on any atom is 0.645 e. The first-order valence-corrected chi connectivity index (χ1v) is 11.7. The van der Waals surface area contributed by atoms with Crippen molar-refractivity contribution < 1.29 is 18.1 Å². The van der Waals surface area contributed by atoms with Gasteiger partial charge >= 0.3 is 7.82 Å². The zero-order valence-corrected chi connectivity index (χ0v) is 20.0. The maximum atomic E-state index is 12.2. The van der Waals surface area contributed by atoms with Crippen LogP contribution in [0.3, 0.4) is 0 Å². The van der Waals surface area contributed by atoms with E-state index in [4.69, 9.17) is 13.6 Å². The molecule has 0 amide bonds.